The van der Waals surface area contributed by atoms with E-state index in [0.29, 0.717) is 11.4 Å². The molecule has 104 valence electrons. The summed E-state index contributed by atoms with van der Waals surface area (Å²) >= 11 is 0. The third kappa shape index (κ3) is 3.09. The van der Waals surface area contributed by atoms with Crippen LogP contribution >= 0.6 is 0 Å². The van der Waals surface area contributed by atoms with Crippen molar-refractivity contribution in [3.63, 3.8) is 0 Å². The van der Waals surface area contributed by atoms with Gasteiger partial charge < -0.3 is 10.4 Å². The van der Waals surface area contributed by atoms with Gasteiger partial charge in [-0.05, 0) is 31.0 Å². The molecule has 2 rings (SSSR count). The van der Waals surface area contributed by atoms with Crippen LogP contribution in [0.5, 0.6) is 0 Å². The monoisotopic (exact) mass is 275 g/mol. The van der Waals surface area contributed by atoms with Gasteiger partial charge in [0, 0.05) is 0 Å². The first-order chi connectivity index (χ1) is 9.47. The Morgan fingerprint density at radius 2 is 2.10 bits per heavy atom. The highest BCUT2D eigenvalue weighted by Crippen LogP contribution is 2.19. The molecule has 20 heavy (non-hydrogen) atoms. The molecule has 0 saturated heterocycles. The summed E-state index contributed by atoms with van der Waals surface area (Å²) in [6, 6.07) is 4.83. The molecular formula is C14H14FN3O2. The maximum Gasteiger partial charge on any atom is 0.356 e. The molecule has 1 atom stereocenters. The number of aromatic nitrogens is 2. The summed E-state index contributed by atoms with van der Waals surface area (Å²) in [4.78, 5) is 18.4. The standard InChI is InChI=1S/C14H14FN3O2/c1-8-3-4-10(5-11(8)15)9(2)18-13-7-16-12(6-17-13)14(19)20/h3-7,9H,1-2H3,(H,17,18)(H,19,20). The first kappa shape index (κ1) is 13.9. The number of nitrogens with zero attached hydrogens (tertiary/aromatic N) is 2. The van der Waals surface area contributed by atoms with Gasteiger partial charge in [-0.3, -0.25) is 0 Å². The summed E-state index contributed by atoms with van der Waals surface area (Å²) in [5.74, 6) is -0.954. The lowest BCUT2D eigenvalue weighted by Gasteiger charge is -2.15. The summed E-state index contributed by atoms with van der Waals surface area (Å²) in [7, 11) is 0. The van der Waals surface area contributed by atoms with Gasteiger partial charge in [-0.1, -0.05) is 12.1 Å². The Balaban J connectivity index is 2.12. The molecule has 0 aliphatic carbocycles. The second-order valence-electron chi connectivity index (χ2n) is 4.47. The van der Waals surface area contributed by atoms with Crippen molar-refractivity contribution in [2.24, 2.45) is 0 Å². The van der Waals surface area contributed by atoms with Crippen LogP contribution in [0.3, 0.4) is 0 Å². The average Bonchev–Trinajstić information content (AvgIpc) is 2.42. The minimum atomic E-state index is -1.13. The fourth-order valence-corrected chi connectivity index (χ4v) is 1.70. The molecule has 0 radical (unpaired) electrons. The number of nitrogens with one attached hydrogen (secondary N) is 1. The van der Waals surface area contributed by atoms with Gasteiger partial charge >= 0.3 is 5.97 Å². The lowest BCUT2D eigenvalue weighted by molar-refractivity contribution is 0.0690. The molecule has 0 fully saturated rings. The summed E-state index contributed by atoms with van der Waals surface area (Å²) in [6.07, 6.45) is 2.51. The third-order valence-corrected chi connectivity index (χ3v) is 2.93. The van der Waals surface area contributed by atoms with Crippen LogP contribution in [0.25, 0.3) is 0 Å². The largest absolute Gasteiger partial charge is 0.476 e. The predicted molar refractivity (Wildman–Crippen MR) is 72.2 cm³/mol. The number of rotatable bonds is 4. The van der Waals surface area contributed by atoms with Crippen molar-refractivity contribution in [3.8, 4) is 0 Å². The minimum Gasteiger partial charge on any atom is -0.476 e. The molecule has 2 N–H and O–H groups in total. The normalized spacial score (nSPS) is 11.9. The molecule has 0 spiro atoms. The highest BCUT2D eigenvalue weighted by atomic mass is 19.1. The lowest BCUT2D eigenvalue weighted by atomic mass is 10.1. The van der Waals surface area contributed by atoms with Crippen LogP contribution in [0.1, 0.15) is 34.6 Å². The van der Waals surface area contributed by atoms with Gasteiger partial charge in [0.05, 0.1) is 18.4 Å². The number of aromatic carboxylic acids is 1. The SMILES string of the molecule is Cc1ccc(C(C)Nc2cnc(C(=O)O)cn2)cc1F. The molecule has 2 aromatic rings. The fraction of sp³-hybridized carbons (Fsp3) is 0.214. The van der Waals surface area contributed by atoms with Gasteiger partial charge in [0.1, 0.15) is 11.6 Å². The maximum atomic E-state index is 13.5. The van der Waals surface area contributed by atoms with Gasteiger partial charge in [-0.15, -0.1) is 0 Å². The van der Waals surface area contributed by atoms with E-state index in [2.05, 4.69) is 15.3 Å². The summed E-state index contributed by atoms with van der Waals surface area (Å²) < 4.78 is 13.5. The predicted octanol–water partition coefficient (Wildman–Crippen LogP) is 2.80. The molecule has 6 heteroatoms. The van der Waals surface area contributed by atoms with Gasteiger partial charge in [-0.2, -0.15) is 0 Å². The summed E-state index contributed by atoms with van der Waals surface area (Å²) in [6.45, 7) is 3.56. The van der Waals surface area contributed by atoms with Crippen LogP contribution in [0.2, 0.25) is 0 Å². The second-order valence-corrected chi connectivity index (χ2v) is 4.47. The van der Waals surface area contributed by atoms with Crippen LogP contribution in [-0.2, 0) is 0 Å². The van der Waals surface area contributed by atoms with Crippen LogP contribution < -0.4 is 5.32 Å². The number of halogens is 1. The van der Waals surface area contributed by atoms with Crippen LogP contribution in [0.15, 0.2) is 30.6 Å². The number of benzene rings is 1. The van der Waals surface area contributed by atoms with E-state index in [9.17, 15) is 9.18 Å². The number of carboxylic acids is 1. The van der Waals surface area contributed by atoms with Crippen molar-refractivity contribution in [1.82, 2.24) is 9.97 Å². The summed E-state index contributed by atoms with van der Waals surface area (Å²) in [5, 5.41) is 11.8. The van der Waals surface area contributed by atoms with Gasteiger partial charge in [0.15, 0.2) is 5.69 Å². The molecule has 0 bridgehead atoms. The third-order valence-electron chi connectivity index (χ3n) is 2.93. The number of carbonyl (C=O) groups is 1. The zero-order valence-electron chi connectivity index (χ0n) is 11.1. The van der Waals surface area contributed by atoms with E-state index in [1.54, 1.807) is 13.0 Å². The Morgan fingerprint density at radius 3 is 2.65 bits per heavy atom. The molecule has 0 amide bonds. The minimum absolute atomic E-state index is 0.121. The zero-order chi connectivity index (χ0) is 14.7. The fourth-order valence-electron chi connectivity index (χ4n) is 1.70. The van der Waals surface area contributed by atoms with Crippen LogP contribution in [0.4, 0.5) is 10.2 Å². The number of hydrogen-bond donors (Lipinski definition) is 2. The molecule has 0 aliphatic heterocycles. The van der Waals surface area contributed by atoms with Crippen molar-refractivity contribution in [1.29, 1.82) is 0 Å². The highest BCUT2D eigenvalue weighted by molar-refractivity contribution is 5.84. The van der Waals surface area contributed by atoms with Crippen molar-refractivity contribution < 1.29 is 14.3 Å². The highest BCUT2D eigenvalue weighted by Gasteiger charge is 2.10. The van der Waals surface area contributed by atoms with E-state index in [1.807, 2.05) is 13.0 Å². The Labute approximate surface area is 115 Å². The molecule has 1 unspecified atom stereocenters. The topological polar surface area (TPSA) is 75.1 Å². The van der Waals surface area contributed by atoms with E-state index in [4.69, 9.17) is 5.11 Å². The first-order valence-electron chi connectivity index (χ1n) is 6.05. The van der Waals surface area contributed by atoms with Crippen LogP contribution in [-0.4, -0.2) is 21.0 Å². The van der Waals surface area contributed by atoms with Crippen molar-refractivity contribution in [2.75, 3.05) is 5.32 Å². The second kappa shape index (κ2) is 5.64. The average molecular weight is 275 g/mol. The molecular weight excluding hydrogens is 261 g/mol. The van der Waals surface area contributed by atoms with E-state index in [0.717, 1.165) is 5.56 Å². The first-order valence-corrected chi connectivity index (χ1v) is 6.05. The zero-order valence-corrected chi connectivity index (χ0v) is 11.1. The smallest absolute Gasteiger partial charge is 0.356 e. The van der Waals surface area contributed by atoms with Gasteiger partial charge in [0.2, 0.25) is 0 Å². The quantitative estimate of drug-likeness (QED) is 0.897. The molecule has 0 aliphatic rings. The van der Waals surface area contributed by atoms with Crippen LogP contribution in [0, 0.1) is 12.7 Å². The van der Waals surface area contributed by atoms with Crippen molar-refractivity contribution in [2.45, 2.75) is 19.9 Å². The number of hydrogen-bond acceptors (Lipinski definition) is 4. The van der Waals surface area contributed by atoms with E-state index in [1.165, 1.54) is 18.5 Å². The Hall–Kier alpha value is -2.50. The molecule has 1 heterocycles. The number of anilines is 1. The summed E-state index contributed by atoms with van der Waals surface area (Å²) in [5.41, 5.74) is 1.24. The van der Waals surface area contributed by atoms with Gasteiger partial charge in [-0.25, -0.2) is 19.2 Å². The van der Waals surface area contributed by atoms with E-state index < -0.39 is 5.97 Å². The lowest BCUT2D eigenvalue weighted by Crippen LogP contribution is -2.10. The number of aryl methyl sites for hydroxylation is 1. The van der Waals surface area contributed by atoms with Gasteiger partial charge in [0.25, 0.3) is 0 Å². The Morgan fingerprint density at radius 1 is 1.35 bits per heavy atom. The Kier molecular flexibility index (Phi) is 3.93. The van der Waals surface area contributed by atoms with Crippen molar-refractivity contribution in [3.05, 3.63) is 53.2 Å². The maximum absolute atomic E-state index is 13.5. The Bertz CT molecular complexity index is 629. The van der Waals surface area contributed by atoms with E-state index in [-0.39, 0.29) is 17.6 Å². The molecule has 1 aromatic carbocycles. The molecule has 5 nitrogen and oxygen atoms in total. The number of carboxylic acid groups (broad SMARTS) is 1. The molecule has 1 aromatic heterocycles. The van der Waals surface area contributed by atoms with Crippen molar-refractivity contribution >= 4 is 11.8 Å². The van der Waals surface area contributed by atoms with E-state index >= 15 is 0 Å². The molecule has 0 saturated carbocycles.